The molecule has 7 heteroatoms. The van der Waals surface area contributed by atoms with Crippen molar-refractivity contribution in [2.75, 3.05) is 24.2 Å². The Morgan fingerprint density at radius 2 is 1.34 bits per heavy atom. The average molecular weight is 389 g/mol. The third-order valence-electron chi connectivity index (χ3n) is 4.32. The Kier molecular flexibility index (Phi) is 6.23. The molecule has 7 nitrogen and oxygen atoms in total. The molecule has 3 aromatic rings. The lowest BCUT2D eigenvalue weighted by Crippen LogP contribution is -2.21. The molecule has 0 radical (unpaired) electrons. The van der Waals surface area contributed by atoms with E-state index < -0.39 is 5.91 Å². The van der Waals surface area contributed by atoms with E-state index in [1.54, 1.807) is 0 Å². The molecule has 2 N–H and O–H groups in total. The molecular weight excluding hydrogens is 368 g/mol. The van der Waals surface area contributed by atoms with Gasteiger partial charge in [0.1, 0.15) is 0 Å². The quantitative estimate of drug-likeness (QED) is 0.496. The predicted octanol–water partition coefficient (Wildman–Crippen LogP) is 3.63. The van der Waals surface area contributed by atoms with E-state index in [4.69, 9.17) is 5.21 Å². The second kappa shape index (κ2) is 9.01. The monoisotopic (exact) mass is 389 g/mol. The summed E-state index contributed by atoms with van der Waals surface area (Å²) in [6.45, 7) is 0. The van der Waals surface area contributed by atoms with Crippen molar-refractivity contribution in [1.82, 2.24) is 5.43 Å². The Balaban J connectivity index is 1.88. The van der Waals surface area contributed by atoms with Gasteiger partial charge in [0.2, 0.25) is 0 Å². The summed E-state index contributed by atoms with van der Waals surface area (Å²) in [5, 5.41) is 23.9. The van der Waals surface area contributed by atoms with Crippen LogP contribution in [0.15, 0.2) is 84.0 Å². The van der Waals surface area contributed by atoms with Gasteiger partial charge in [-0.3, -0.25) is 10.0 Å². The number of rotatable bonds is 6. The van der Waals surface area contributed by atoms with Gasteiger partial charge in [-0.2, -0.15) is 5.10 Å². The molecule has 1 amide bonds. The highest BCUT2D eigenvalue weighted by atomic mass is 16.8. The van der Waals surface area contributed by atoms with Gasteiger partial charge in [0.25, 0.3) is 5.91 Å². The number of carbonyl (C=O) groups excluding carboxylic acids is 1. The van der Waals surface area contributed by atoms with Gasteiger partial charge >= 0.3 is 0 Å². The van der Waals surface area contributed by atoms with Gasteiger partial charge in [0.05, 0.1) is 11.4 Å². The van der Waals surface area contributed by atoms with Gasteiger partial charge < -0.3 is 15.3 Å². The van der Waals surface area contributed by atoms with E-state index in [-0.39, 0.29) is 10.9 Å². The first-order chi connectivity index (χ1) is 14.0. The molecule has 29 heavy (non-hydrogen) atoms. The van der Waals surface area contributed by atoms with Crippen molar-refractivity contribution in [3.63, 3.8) is 0 Å². The molecule has 0 aromatic heterocycles. The van der Waals surface area contributed by atoms with E-state index in [1.807, 2.05) is 73.6 Å². The number of benzene rings is 3. The first-order valence-corrected chi connectivity index (χ1v) is 8.93. The zero-order chi connectivity index (χ0) is 20.8. The Morgan fingerprint density at radius 3 is 1.90 bits per heavy atom. The summed E-state index contributed by atoms with van der Waals surface area (Å²) in [4.78, 5) is 14.5. The van der Waals surface area contributed by atoms with Gasteiger partial charge in [-0.1, -0.05) is 42.5 Å². The second-order valence-electron chi connectivity index (χ2n) is 6.53. The molecule has 0 saturated carbocycles. The first-order valence-electron chi connectivity index (χ1n) is 8.93. The van der Waals surface area contributed by atoms with Crippen LogP contribution < -0.4 is 15.6 Å². The largest absolute Gasteiger partial charge is 0.733 e. The molecule has 0 heterocycles. The Morgan fingerprint density at radius 1 is 0.828 bits per heavy atom. The SMILES string of the molecule is CN(C)c1ccc(C(=NNC(=O)c2ccc(N([O-])O)cc2)c2ccccc2)cc1. The van der Waals surface area contributed by atoms with E-state index in [2.05, 4.69) is 10.5 Å². The third kappa shape index (κ3) is 4.98. The molecule has 0 spiro atoms. The zero-order valence-corrected chi connectivity index (χ0v) is 16.1. The van der Waals surface area contributed by atoms with Crippen LogP contribution in [0.3, 0.4) is 0 Å². The topological polar surface area (TPSA) is 91.2 Å². The lowest BCUT2D eigenvalue weighted by atomic mass is 10.0. The molecule has 0 aliphatic carbocycles. The van der Waals surface area contributed by atoms with Gasteiger partial charge in [-0.25, -0.2) is 5.43 Å². The van der Waals surface area contributed by atoms with E-state index >= 15 is 0 Å². The van der Waals surface area contributed by atoms with Crippen molar-refractivity contribution < 1.29 is 10.0 Å². The van der Waals surface area contributed by atoms with E-state index in [9.17, 15) is 10.0 Å². The van der Waals surface area contributed by atoms with Crippen molar-refractivity contribution in [1.29, 1.82) is 0 Å². The molecule has 0 bridgehead atoms. The number of hydrogen-bond acceptors (Lipinski definition) is 6. The lowest BCUT2D eigenvalue weighted by molar-refractivity contribution is 0.0955. The molecule has 0 unspecified atom stereocenters. The smallest absolute Gasteiger partial charge is 0.271 e. The highest BCUT2D eigenvalue weighted by Crippen LogP contribution is 2.17. The second-order valence-corrected chi connectivity index (χ2v) is 6.53. The summed E-state index contributed by atoms with van der Waals surface area (Å²) < 4.78 is 0. The van der Waals surface area contributed by atoms with E-state index in [0.29, 0.717) is 11.3 Å². The summed E-state index contributed by atoms with van der Waals surface area (Å²) in [5.41, 5.74) is 6.33. The Labute approximate surface area is 169 Å². The van der Waals surface area contributed by atoms with Crippen LogP contribution in [-0.4, -0.2) is 30.9 Å². The van der Waals surface area contributed by atoms with Crippen molar-refractivity contribution >= 4 is 23.0 Å². The van der Waals surface area contributed by atoms with E-state index in [1.165, 1.54) is 24.3 Å². The van der Waals surface area contributed by atoms with Crippen LogP contribution in [0.4, 0.5) is 11.4 Å². The van der Waals surface area contributed by atoms with Crippen LogP contribution in [0.2, 0.25) is 0 Å². The minimum absolute atomic E-state index is 0.0380. The summed E-state index contributed by atoms with van der Waals surface area (Å²) in [7, 11) is 3.94. The summed E-state index contributed by atoms with van der Waals surface area (Å²) in [6, 6.07) is 23.0. The minimum Gasteiger partial charge on any atom is -0.733 e. The van der Waals surface area contributed by atoms with Crippen molar-refractivity contribution in [3.8, 4) is 0 Å². The number of nitrogens with zero attached hydrogens (tertiary/aromatic N) is 3. The Bertz CT molecular complexity index is 983. The molecule has 3 rings (SSSR count). The van der Waals surface area contributed by atoms with Crippen LogP contribution >= 0.6 is 0 Å². The zero-order valence-electron chi connectivity index (χ0n) is 16.1. The van der Waals surface area contributed by atoms with Gasteiger partial charge in [-0.15, -0.1) is 0 Å². The summed E-state index contributed by atoms with van der Waals surface area (Å²) in [5.74, 6) is -0.426. The maximum absolute atomic E-state index is 12.5. The van der Waals surface area contributed by atoms with Crippen molar-refractivity contribution in [2.45, 2.75) is 0 Å². The number of carbonyl (C=O) groups is 1. The predicted molar refractivity (Wildman–Crippen MR) is 114 cm³/mol. The molecule has 0 atom stereocenters. The lowest BCUT2D eigenvalue weighted by Gasteiger charge is -2.21. The fourth-order valence-electron chi connectivity index (χ4n) is 2.72. The highest BCUT2D eigenvalue weighted by molar-refractivity contribution is 6.13. The number of amides is 1. The molecular formula is C22H21N4O3-. The van der Waals surface area contributed by atoms with Crippen LogP contribution in [0.1, 0.15) is 21.5 Å². The normalized spacial score (nSPS) is 11.1. The van der Waals surface area contributed by atoms with Gasteiger partial charge in [0.15, 0.2) is 0 Å². The maximum atomic E-state index is 12.5. The standard InChI is InChI=1S/C22H21N4O3/c1-25(2)19-12-8-17(9-13-19)21(16-6-4-3-5-7-16)23-24-22(27)18-10-14-20(15-11-18)26(28)29/h3-15,28H,1-2H3,(H,24,27)/q-1. The van der Waals surface area contributed by atoms with Gasteiger partial charge in [0, 0.05) is 36.5 Å². The fourth-order valence-corrected chi connectivity index (χ4v) is 2.72. The fraction of sp³-hybridized carbons (Fsp3) is 0.0909. The minimum atomic E-state index is -0.426. The number of hydrogen-bond donors (Lipinski definition) is 2. The van der Waals surface area contributed by atoms with Gasteiger partial charge in [-0.05, 0) is 36.4 Å². The van der Waals surface area contributed by atoms with Crippen LogP contribution in [-0.2, 0) is 0 Å². The molecule has 148 valence electrons. The number of hydrazone groups is 1. The molecule has 0 saturated heterocycles. The first kappa shape index (κ1) is 20.1. The third-order valence-corrected chi connectivity index (χ3v) is 4.32. The van der Waals surface area contributed by atoms with E-state index in [0.717, 1.165) is 16.8 Å². The summed E-state index contributed by atoms with van der Waals surface area (Å²) >= 11 is 0. The average Bonchev–Trinajstić information content (AvgIpc) is 2.75. The van der Waals surface area contributed by atoms with Crippen molar-refractivity contribution in [3.05, 3.63) is 101 Å². The molecule has 3 aromatic carbocycles. The van der Waals surface area contributed by atoms with Crippen LogP contribution in [0.25, 0.3) is 0 Å². The van der Waals surface area contributed by atoms with Crippen molar-refractivity contribution in [2.24, 2.45) is 5.10 Å². The summed E-state index contributed by atoms with van der Waals surface area (Å²) in [6.07, 6.45) is 0. The molecule has 0 aliphatic rings. The molecule has 0 aliphatic heterocycles. The maximum Gasteiger partial charge on any atom is 0.271 e. The highest BCUT2D eigenvalue weighted by Gasteiger charge is 2.10. The molecule has 0 fully saturated rings. The Hall–Kier alpha value is -3.68. The van der Waals surface area contributed by atoms with Crippen LogP contribution in [0.5, 0.6) is 0 Å². The number of anilines is 2. The van der Waals surface area contributed by atoms with Crippen LogP contribution in [0, 0.1) is 5.21 Å². The number of nitrogens with one attached hydrogen (secondary N) is 1.